The van der Waals surface area contributed by atoms with Gasteiger partial charge in [0.2, 0.25) is 5.91 Å². The quantitative estimate of drug-likeness (QED) is 0.210. The van der Waals surface area contributed by atoms with Gasteiger partial charge in [0.15, 0.2) is 0 Å². The zero-order valence-corrected chi connectivity index (χ0v) is 30.0. The van der Waals surface area contributed by atoms with Gasteiger partial charge in [-0.2, -0.15) is 4.90 Å². The Balaban J connectivity index is 2.47. The first-order chi connectivity index (χ1) is 22.3. The molecule has 3 amide bonds. The van der Waals surface area contributed by atoms with Crippen LogP contribution in [0.3, 0.4) is 0 Å². The van der Waals surface area contributed by atoms with Crippen LogP contribution >= 0.6 is 0 Å². The second-order valence-electron chi connectivity index (χ2n) is 12.5. The number of hydrogen-bond donors (Lipinski definition) is 2. The number of benzene rings is 1. The molecule has 2 N–H and O–H groups in total. The predicted octanol–water partition coefficient (Wildman–Crippen LogP) is 8.13. The second-order valence-corrected chi connectivity index (χ2v) is 12.5. The summed E-state index contributed by atoms with van der Waals surface area (Å²) in [6.07, 6.45) is 11.5. The lowest BCUT2D eigenvalue weighted by atomic mass is 9.97. The van der Waals surface area contributed by atoms with E-state index in [9.17, 15) is 14.4 Å². The highest BCUT2D eigenvalue weighted by Gasteiger charge is 2.32. The number of carbonyl (C=O) groups is 3. The Morgan fingerprint density at radius 2 is 1.85 bits per heavy atom. The summed E-state index contributed by atoms with van der Waals surface area (Å²) in [5, 5.41) is 6.13. The minimum atomic E-state index is -0.771. The molecule has 9 heteroatoms. The van der Waals surface area contributed by atoms with Gasteiger partial charge < -0.3 is 20.1 Å². The Bertz CT molecular complexity index is 1460. The normalized spacial score (nSPS) is 17.0. The molecule has 1 atom stereocenters. The third kappa shape index (κ3) is 11.7. The fraction of sp³-hybridized carbons (Fsp3) is 0.474. The van der Waals surface area contributed by atoms with Gasteiger partial charge in [-0.3, -0.25) is 9.59 Å². The minimum Gasteiger partial charge on any atom is -0.491 e. The van der Waals surface area contributed by atoms with Crippen molar-refractivity contribution in [3.63, 3.8) is 0 Å². The van der Waals surface area contributed by atoms with Gasteiger partial charge in [0.05, 0.1) is 12.3 Å². The summed E-state index contributed by atoms with van der Waals surface area (Å²) >= 11 is 0. The van der Waals surface area contributed by atoms with Crippen LogP contribution in [0.15, 0.2) is 87.6 Å². The second kappa shape index (κ2) is 18.7. The largest absolute Gasteiger partial charge is 0.491 e. The van der Waals surface area contributed by atoms with Crippen molar-refractivity contribution in [2.45, 2.75) is 100 Å². The lowest BCUT2D eigenvalue weighted by Gasteiger charge is -2.27. The highest BCUT2D eigenvalue weighted by atomic mass is 16.6. The molecular formula is C38H54N4O5. The van der Waals surface area contributed by atoms with Crippen molar-refractivity contribution in [3.05, 3.63) is 93.7 Å². The summed E-state index contributed by atoms with van der Waals surface area (Å²) in [6, 6.07) is 7.52. The summed E-state index contributed by atoms with van der Waals surface area (Å²) in [5.41, 5.74) is 4.77. The highest BCUT2D eigenvalue weighted by Crippen LogP contribution is 2.33. The molecular weight excluding hydrogens is 592 g/mol. The molecule has 1 unspecified atom stereocenters. The first-order valence-corrected chi connectivity index (χ1v) is 16.5. The van der Waals surface area contributed by atoms with E-state index in [1.54, 1.807) is 53.1 Å². The maximum Gasteiger partial charge on any atom is 0.422 e. The summed E-state index contributed by atoms with van der Waals surface area (Å²) in [7, 11) is 1.62. The molecule has 0 aliphatic carbocycles. The smallest absolute Gasteiger partial charge is 0.422 e. The molecule has 0 bridgehead atoms. The van der Waals surface area contributed by atoms with Crippen LogP contribution in [0.5, 0.6) is 0 Å². The average Bonchev–Trinajstić information content (AvgIpc) is 3.52. The summed E-state index contributed by atoms with van der Waals surface area (Å²) in [5.74, 6) is 0.181. The topological polar surface area (TPSA) is 109 Å². The third-order valence-corrected chi connectivity index (χ3v) is 7.43. The molecule has 47 heavy (non-hydrogen) atoms. The monoisotopic (exact) mass is 646 g/mol. The first-order valence-electron chi connectivity index (χ1n) is 16.5. The van der Waals surface area contributed by atoms with E-state index in [4.69, 9.17) is 9.47 Å². The number of nitrogens with one attached hydrogen (secondary N) is 2. The van der Waals surface area contributed by atoms with Crippen LogP contribution in [0, 0.1) is 5.92 Å². The number of imide groups is 1. The molecule has 0 radical (unpaired) electrons. The van der Waals surface area contributed by atoms with E-state index in [2.05, 4.69) is 34.7 Å². The van der Waals surface area contributed by atoms with E-state index < -0.39 is 11.7 Å². The van der Waals surface area contributed by atoms with Gasteiger partial charge in [-0.25, -0.2) is 9.79 Å². The van der Waals surface area contributed by atoms with E-state index in [0.29, 0.717) is 31.6 Å². The number of rotatable bonds is 13. The van der Waals surface area contributed by atoms with E-state index in [1.807, 2.05) is 52.0 Å². The lowest BCUT2D eigenvalue weighted by molar-refractivity contribution is -0.132. The summed E-state index contributed by atoms with van der Waals surface area (Å²) < 4.78 is 11.7. The van der Waals surface area contributed by atoms with Gasteiger partial charge in [-0.15, -0.1) is 0 Å². The molecule has 1 fully saturated rings. The fourth-order valence-electron chi connectivity index (χ4n) is 4.73. The Morgan fingerprint density at radius 1 is 1.13 bits per heavy atom. The van der Waals surface area contributed by atoms with Crippen molar-refractivity contribution in [1.29, 1.82) is 0 Å². The molecule has 1 aliphatic rings. The van der Waals surface area contributed by atoms with Gasteiger partial charge in [0.1, 0.15) is 17.2 Å². The highest BCUT2D eigenvalue weighted by molar-refractivity contribution is 5.96. The zero-order chi connectivity index (χ0) is 35.1. The number of carbonyl (C=O) groups excluding carboxylic acids is 3. The SMILES string of the molecule is CC/C=C(/N=C/C=C(C)/C(/C=C/CC)=C1\CCO\C1=C(\C)NCc1cccc(C(=O)NC)c1)N(C(=O)OC(C)(C)C)C(=O)C(C)CC. The van der Waals surface area contributed by atoms with Crippen molar-refractivity contribution in [1.82, 2.24) is 15.5 Å². The van der Waals surface area contributed by atoms with Crippen LogP contribution in [-0.2, 0) is 20.8 Å². The number of nitrogens with zero attached hydrogens (tertiary/aromatic N) is 2. The molecule has 9 nitrogen and oxygen atoms in total. The average molecular weight is 647 g/mol. The molecule has 1 heterocycles. The Kier molecular flexibility index (Phi) is 15.4. The standard InChI is InChI=1S/C38H54N4O5/c1-11-14-19-31(32-21-23-46-34(32)28(6)41-25-29-17-15-18-30(24-29)35(43)39-10)27(5)20-22-40-33(16-12-2)42(36(44)26(4)13-3)37(45)47-38(7,8)9/h14-20,22,24,26,41H,11-13,21,23,25H2,1-10H3,(H,39,43)/b19-14+,27-20+,32-31+,33-16-,34-28-,40-22+. The zero-order valence-electron chi connectivity index (χ0n) is 30.0. The van der Waals surface area contributed by atoms with Gasteiger partial charge >= 0.3 is 6.09 Å². The molecule has 1 aromatic carbocycles. The number of hydrogen-bond acceptors (Lipinski definition) is 7. The summed E-state index contributed by atoms with van der Waals surface area (Å²) in [6.45, 7) is 18.1. The number of allylic oxidation sites excluding steroid dienone is 8. The van der Waals surface area contributed by atoms with Crippen molar-refractivity contribution in [2.75, 3.05) is 13.7 Å². The van der Waals surface area contributed by atoms with E-state index in [0.717, 1.165) is 51.5 Å². The Labute approximate surface area is 281 Å². The molecule has 0 spiro atoms. The van der Waals surface area contributed by atoms with Gasteiger partial charge in [-0.05, 0) is 94.9 Å². The van der Waals surface area contributed by atoms with Crippen LogP contribution in [0.2, 0.25) is 0 Å². The van der Waals surface area contributed by atoms with E-state index in [1.165, 1.54) is 0 Å². The van der Waals surface area contributed by atoms with Crippen molar-refractivity contribution >= 4 is 24.1 Å². The maximum atomic E-state index is 13.4. The number of ether oxygens (including phenoxy) is 2. The first kappa shape index (κ1) is 38.8. The van der Waals surface area contributed by atoms with Crippen LogP contribution in [0.25, 0.3) is 0 Å². The van der Waals surface area contributed by atoms with Gasteiger partial charge in [0.25, 0.3) is 5.91 Å². The predicted molar refractivity (Wildman–Crippen MR) is 190 cm³/mol. The molecule has 1 aliphatic heterocycles. The molecule has 1 aromatic rings. The molecule has 0 aromatic heterocycles. The molecule has 0 saturated carbocycles. The van der Waals surface area contributed by atoms with Crippen molar-refractivity contribution in [3.8, 4) is 0 Å². The number of amides is 3. The van der Waals surface area contributed by atoms with Crippen molar-refractivity contribution < 1.29 is 23.9 Å². The van der Waals surface area contributed by atoms with Crippen LogP contribution < -0.4 is 10.6 Å². The lowest BCUT2D eigenvalue weighted by Crippen LogP contribution is -2.42. The van der Waals surface area contributed by atoms with Crippen LogP contribution in [0.1, 0.15) is 104 Å². The van der Waals surface area contributed by atoms with Crippen LogP contribution in [0.4, 0.5) is 4.79 Å². The summed E-state index contributed by atoms with van der Waals surface area (Å²) in [4.78, 5) is 44.3. The molecule has 2 rings (SSSR count). The van der Waals surface area contributed by atoms with E-state index >= 15 is 0 Å². The molecule has 1 saturated heterocycles. The fourth-order valence-corrected chi connectivity index (χ4v) is 4.73. The minimum absolute atomic E-state index is 0.124. The third-order valence-electron chi connectivity index (χ3n) is 7.43. The van der Waals surface area contributed by atoms with Gasteiger partial charge in [-0.1, -0.05) is 52.0 Å². The van der Waals surface area contributed by atoms with E-state index in [-0.39, 0.29) is 23.6 Å². The number of aliphatic imine (C=N–C) groups is 1. The van der Waals surface area contributed by atoms with Crippen molar-refractivity contribution in [2.24, 2.45) is 10.9 Å². The Morgan fingerprint density at radius 3 is 2.47 bits per heavy atom. The molecule has 256 valence electrons. The maximum absolute atomic E-state index is 13.4. The van der Waals surface area contributed by atoms with Crippen LogP contribution in [-0.4, -0.2) is 48.3 Å². The van der Waals surface area contributed by atoms with Gasteiger partial charge in [0, 0.05) is 43.3 Å². The Hall–Kier alpha value is -4.40.